The SMILES string of the molecule is C=Cc1cc(F)c(C)c(F)c1.CC.CC.CC. The van der Waals surface area contributed by atoms with Gasteiger partial charge < -0.3 is 0 Å². The van der Waals surface area contributed by atoms with E-state index in [1.807, 2.05) is 41.5 Å². The van der Waals surface area contributed by atoms with Crippen LogP contribution in [0, 0.1) is 18.6 Å². The summed E-state index contributed by atoms with van der Waals surface area (Å²) >= 11 is 0. The first-order valence-corrected chi connectivity index (χ1v) is 6.23. The van der Waals surface area contributed by atoms with Crippen LogP contribution >= 0.6 is 0 Å². The van der Waals surface area contributed by atoms with Crippen molar-refractivity contribution in [3.63, 3.8) is 0 Å². The molecule has 1 rings (SSSR count). The van der Waals surface area contributed by atoms with E-state index in [0.29, 0.717) is 5.56 Å². The molecule has 0 N–H and O–H groups in total. The highest BCUT2D eigenvalue weighted by molar-refractivity contribution is 5.47. The van der Waals surface area contributed by atoms with Gasteiger partial charge in [-0.2, -0.15) is 0 Å². The predicted octanol–water partition coefficient (Wildman–Crippen LogP) is 5.99. The predicted molar refractivity (Wildman–Crippen MR) is 75.2 cm³/mol. The van der Waals surface area contributed by atoms with Gasteiger partial charge in [-0.05, 0) is 24.6 Å². The Kier molecular flexibility index (Phi) is 18.4. The molecule has 1 aromatic carbocycles. The second-order valence-electron chi connectivity index (χ2n) is 2.31. The van der Waals surface area contributed by atoms with E-state index in [4.69, 9.17) is 0 Å². The molecular formula is C15H26F2. The number of hydrogen-bond acceptors (Lipinski definition) is 0. The van der Waals surface area contributed by atoms with Crippen molar-refractivity contribution in [3.05, 3.63) is 41.5 Å². The summed E-state index contributed by atoms with van der Waals surface area (Å²) in [5, 5.41) is 0. The normalized spacial score (nSPS) is 7.35. The zero-order chi connectivity index (χ0) is 14.4. The molecule has 0 nitrogen and oxygen atoms in total. The van der Waals surface area contributed by atoms with Crippen LogP contribution in [0.4, 0.5) is 8.78 Å². The molecule has 17 heavy (non-hydrogen) atoms. The molecule has 0 saturated carbocycles. The fraction of sp³-hybridized carbons (Fsp3) is 0.467. The molecule has 0 aliphatic carbocycles. The highest BCUT2D eigenvalue weighted by Gasteiger charge is 2.03. The van der Waals surface area contributed by atoms with Crippen LogP contribution in [0.25, 0.3) is 6.08 Å². The zero-order valence-corrected chi connectivity index (χ0v) is 12.2. The van der Waals surface area contributed by atoms with Crippen molar-refractivity contribution in [3.8, 4) is 0 Å². The first kappa shape index (κ1) is 21.1. The maximum absolute atomic E-state index is 12.7. The Bertz CT molecular complexity index is 268. The minimum Gasteiger partial charge on any atom is -0.207 e. The fourth-order valence-corrected chi connectivity index (χ4v) is 0.783. The Morgan fingerprint density at radius 2 is 1.18 bits per heavy atom. The Hall–Kier alpha value is -1.18. The summed E-state index contributed by atoms with van der Waals surface area (Å²) < 4.78 is 25.5. The molecule has 0 spiro atoms. The minimum atomic E-state index is -0.528. The van der Waals surface area contributed by atoms with Gasteiger partial charge in [0.2, 0.25) is 0 Å². The van der Waals surface area contributed by atoms with Crippen molar-refractivity contribution >= 4 is 6.08 Å². The molecule has 2 heteroatoms. The zero-order valence-electron chi connectivity index (χ0n) is 12.2. The summed E-state index contributed by atoms with van der Waals surface area (Å²) in [6.45, 7) is 16.8. The second kappa shape index (κ2) is 14.8. The first-order valence-electron chi connectivity index (χ1n) is 6.23. The molecule has 1 aromatic rings. The van der Waals surface area contributed by atoms with Gasteiger partial charge in [0.25, 0.3) is 0 Å². The molecule has 0 unspecified atom stereocenters. The van der Waals surface area contributed by atoms with Gasteiger partial charge in [0, 0.05) is 5.56 Å². The molecule has 0 aliphatic rings. The smallest absolute Gasteiger partial charge is 0.129 e. The minimum absolute atomic E-state index is 0.0515. The molecule has 0 atom stereocenters. The van der Waals surface area contributed by atoms with Gasteiger partial charge in [-0.3, -0.25) is 0 Å². The van der Waals surface area contributed by atoms with Crippen LogP contribution in [0.2, 0.25) is 0 Å². The summed E-state index contributed by atoms with van der Waals surface area (Å²) in [4.78, 5) is 0. The molecule has 0 fully saturated rings. The molecule has 0 heterocycles. The maximum atomic E-state index is 12.7. The lowest BCUT2D eigenvalue weighted by atomic mass is 10.1. The van der Waals surface area contributed by atoms with Crippen molar-refractivity contribution in [2.75, 3.05) is 0 Å². The van der Waals surface area contributed by atoms with Crippen molar-refractivity contribution in [2.45, 2.75) is 48.5 Å². The van der Waals surface area contributed by atoms with E-state index in [1.54, 1.807) is 0 Å². The third kappa shape index (κ3) is 8.61. The molecule has 0 aliphatic heterocycles. The van der Waals surface area contributed by atoms with E-state index in [0.717, 1.165) is 0 Å². The topological polar surface area (TPSA) is 0 Å². The summed E-state index contributed by atoms with van der Waals surface area (Å²) in [6, 6.07) is 2.51. The lowest BCUT2D eigenvalue weighted by Crippen LogP contribution is -1.89. The van der Waals surface area contributed by atoms with Crippen LogP contribution in [0.1, 0.15) is 52.7 Å². The highest BCUT2D eigenvalue weighted by Crippen LogP contribution is 2.14. The molecule has 0 aromatic heterocycles. The largest absolute Gasteiger partial charge is 0.207 e. The number of hydrogen-bond donors (Lipinski definition) is 0. The summed E-state index contributed by atoms with van der Waals surface area (Å²) in [5.74, 6) is -1.06. The number of rotatable bonds is 1. The van der Waals surface area contributed by atoms with E-state index in [-0.39, 0.29) is 5.56 Å². The van der Waals surface area contributed by atoms with E-state index in [1.165, 1.54) is 25.1 Å². The average Bonchev–Trinajstić information content (AvgIpc) is 2.42. The lowest BCUT2D eigenvalue weighted by molar-refractivity contribution is 0.567. The average molecular weight is 244 g/mol. The van der Waals surface area contributed by atoms with Crippen LogP contribution < -0.4 is 0 Å². The molecule has 0 saturated heterocycles. The number of benzene rings is 1. The van der Waals surface area contributed by atoms with Crippen LogP contribution in [-0.4, -0.2) is 0 Å². The molecule has 0 bridgehead atoms. The summed E-state index contributed by atoms with van der Waals surface area (Å²) in [7, 11) is 0. The molecule has 0 radical (unpaired) electrons. The molecule has 100 valence electrons. The van der Waals surface area contributed by atoms with Gasteiger partial charge in [0.05, 0.1) is 0 Å². The maximum Gasteiger partial charge on any atom is 0.129 e. The van der Waals surface area contributed by atoms with E-state index < -0.39 is 11.6 Å². The first-order chi connectivity index (χ1) is 8.15. The van der Waals surface area contributed by atoms with Crippen LogP contribution in [-0.2, 0) is 0 Å². The van der Waals surface area contributed by atoms with Crippen molar-refractivity contribution in [1.82, 2.24) is 0 Å². The Morgan fingerprint density at radius 1 is 0.882 bits per heavy atom. The van der Waals surface area contributed by atoms with Crippen molar-refractivity contribution in [2.24, 2.45) is 0 Å². The Balaban J connectivity index is -0.000000285. The monoisotopic (exact) mass is 244 g/mol. The van der Waals surface area contributed by atoms with Crippen LogP contribution in [0.3, 0.4) is 0 Å². The molecule has 0 amide bonds. The Morgan fingerprint density at radius 3 is 1.41 bits per heavy atom. The van der Waals surface area contributed by atoms with Gasteiger partial charge in [-0.1, -0.05) is 54.2 Å². The summed E-state index contributed by atoms with van der Waals surface area (Å²) in [6.07, 6.45) is 1.41. The quantitative estimate of drug-likeness (QED) is 0.568. The fourth-order valence-electron chi connectivity index (χ4n) is 0.783. The van der Waals surface area contributed by atoms with Gasteiger partial charge in [-0.25, -0.2) is 8.78 Å². The van der Waals surface area contributed by atoms with Gasteiger partial charge in [-0.15, -0.1) is 0 Å². The highest BCUT2D eigenvalue weighted by atomic mass is 19.1. The second-order valence-corrected chi connectivity index (χ2v) is 2.31. The number of halogens is 2. The Labute approximate surface area is 105 Å². The van der Waals surface area contributed by atoms with E-state index >= 15 is 0 Å². The van der Waals surface area contributed by atoms with Crippen LogP contribution in [0.5, 0.6) is 0 Å². The van der Waals surface area contributed by atoms with Crippen molar-refractivity contribution in [1.29, 1.82) is 0 Å². The van der Waals surface area contributed by atoms with E-state index in [9.17, 15) is 8.78 Å². The van der Waals surface area contributed by atoms with E-state index in [2.05, 4.69) is 6.58 Å². The molecular weight excluding hydrogens is 218 g/mol. The third-order valence-electron chi connectivity index (χ3n) is 1.54. The van der Waals surface area contributed by atoms with Gasteiger partial charge in [0.1, 0.15) is 11.6 Å². The standard InChI is InChI=1S/C9H8F2.3C2H6/c1-3-7-4-8(10)6(2)9(11)5-7;3*1-2/h3-5H,1H2,2H3;3*1-2H3. The van der Waals surface area contributed by atoms with Gasteiger partial charge >= 0.3 is 0 Å². The van der Waals surface area contributed by atoms with Crippen molar-refractivity contribution < 1.29 is 8.78 Å². The summed E-state index contributed by atoms with van der Waals surface area (Å²) in [5.41, 5.74) is 0.515. The van der Waals surface area contributed by atoms with Crippen LogP contribution in [0.15, 0.2) is 18.7 Å². The lowest BCUT2D eigenvalue weighted by Gasteiger charge is -1.99. The van der Waals surface area contributed by atoms with Gasteiger partial charge in [0.15, 0.2) is 0 Å². The third-order valence-corrected chi connectivity index (χ3v) is 1.54.